The summed E-state index contributed by atoms with van der Waals surface area (Å²) in [5, 5.41) is 8.00. The molecule has 0 fully saturated rings. The molecule has 2 rings (SSSR count). The predicted molar refractivity (Wildman–Crippen MR) is 53.7 cm³/mol. The summed E-state index contributed by atoms with van der Waals surface area (Å²) in [6, 6.07) is 1.74. The van der Waals surface area contributed by atoms with Crippen LogP contribution in [0, 0.1) is 0 Å². The van der Waals surface area contributed by atoms with E-state index in [1.807, 2.05) is 0 Å². The zero-order valence-corrected chi connectivity index (χ0v) is 8.23. The SMILES string of the molecule is Cn1nncc1-c1cnc(N)c(Cl)c1. The highest BCUT2D eigenvalue weighted by molar-refractivity contribution is 6.33. The summed E-state index contributed by atoms with van der Waals surface area (Å²) < 4.78 is 1.64. The highest BCUT2D eigenvalue weighted by Gasteiger charge is 2.06. The maximum Gasteiger partial charge on any atom is 0.142 e. The number of nitrogens with zero attached hydrogens (tertiary/aromatic N) is 4. The second-order valence-corrected chi connectivity index (χ2v) is 3.24. The molecule has 0 spiro atoms. The van der Waals surface area contributed by atoms with E-state index in [9.17, 15) is 0 Å². The van der Waals surface area contributed by atoms with E-state index in [0.717, 1.165) is 11.3 Å². The number of hydrogen-bond donors (Lipinski definition) is 1. The second-order valence-electron chi connectivity index (χ2n) is 2.83. The Balaban J connectivity index is 2.53. The van der Waals surface area contributed by atoms with Crippen molar-refractivity contribution in [2.45, 2.75) is 0 Å². The van der Waals surface area contributed by atoms with E-state index in [2.05, 4.69) is 15.3 Å². The summed E-state index contributed by atoms with van der Waals surface area (Å²) in [6.45, 7) is 0. The molecule has 0 saturated heterocycles. The van der Waals surface area contributed by atoms with Crippen LogP contribution in [0.2, 0.25) is 5.02 Å². The number of hydrogen-bond acceptors (Lipinski definition) is 4. The normalized spacial score (nSPS) is 10.4. The molecule has 6 heteroatoms. The van der Waals surface area contributed by atoms with Gasteiger partial charge in [-0.25, -0.2) is 9.67 Å². The van der Waals surface area contributed by atoms with E-state index < -0.39 is 0 Å². The van der Waals surface area contributed by atoms with Crippen molar-refractivity contribution in [2.24, 2.45) is 7.05 Å². The van der Waals surface area contributed by atoms with Gasteiger partial charge in [-0.05, 0) is 6.07 Å². The number of nitrogen functional groups attached to an aromatic ring is 1. The minimum atomic E-state index is 0.325. The average Bonchev–Trinajstić information content (AvgIpc) is 2.57. The lowest BCUT2D eigenvalue weighted by molar-refractivity contribution is 0.720. The highest BCUT2D eigenvalue weighted by Crippen LogP contribution is 2.23. The maximum atomic E-state index is 5.85. The smallest absolute Gasteiger partial charge is 0.142 e. The molecule has 2 aromatic heterocycles. The number of anilines is 1. The molecule has 2 N–H and O–H groups in total. The zero-order chi connectivity index (χ0) is 10.1. The molecule has 0 aliphatic heterocycles. The number of halogens is 1. The predicted octanol–water partition coefficient (Wildman–Crippen LogP) is 1.11. The summed E-state index contributed by atoms with van der Waals surface area (Å²) in [4.78, 5) is 3.95. The topological polar surface area (TPSA) is 69.6 Å². The third kappa shape index (κ3) is 1.42. The molecule has 0 atom stereocenters. The van der Waals surface area contributed by atoms with Crippen LogP contribution in [0.15, 0.2) is 18.5 Å². The molecule has 2 heterocycles. The van der Waals surface area contributed by atoms with Crippen molar-refractivity contribution in [1.29, 1.82) is 0 Å². The number of nitrogens with two attached hydrogens (primary N) is 1. The molecule has 0 radical (unpaired) electrons. The molecular weight excluding hydrogens is 202 g/mol. The van der Waals surface area contributed by atoms with Gasteiger partial charge in [0.25, 0.3) is 0 Å². The summed E-state index contributed by atoms with van der Waals surface area (Å²) >= 11 is 5.85. The summed E-state index contributed by atoms with van der Waals surface area (Å²) in [7, 11) is 1.80. The fourth-order valence-electron chi connectivity index (χ4n) is 1.14. The summed E-state index contributed by atoms with van der Waals surface area (Å²) in [6.07, 6.45) is 3.28. The maximum absolute atomic E-state index is 5.85. The fourth-order valence-corrected chi connectivity index (χ4v) is 1.31. The van der Waals surface area contributed by atoms with Crippen molar-refractivity contribution in [3.63, 3.8) is 0 Å². The molecule has 0 saturated carbocycles. The first-order valence-corrected chi connectivity index (χ1v) is 4.32. The second kappa shape index (κ2) is 3.26. The van der Waals surface area contributed by atoms with Gasteiger partial charge in [0, 0.05) is 18.8 Å². The minimum Gasteiger partial charge on any atom is -0.382 e. The molecule has 0 aromatic carbocycles. The minimum absolute atomic E-state index is 0.325. The average molecular weight is 210 g/mol. The summed E-state index contributed by atoms with van der Waals surface area (Å²) in [5.41, 5.74) is 7.19. The largest absolute Gasteiger partial charge is 0.382 e. The van der Waals surface area contributed by atoms with Crippen molar-refractivity contribution in [3.05, 3.63) is 23.5 Å². The first-order valence-electron chi connectivity index (χ1n) is 3.94. The number of rotatable bonds is 1. The fraction of sp³-hybridized carbons (Fsp3) is 0.125. The summed E-state index contributed by atoms with van der Waals surface area (Å²) in [5.74, 6) is 0.325. The van der Waals surface area contributed by atoms with Gasteiger partial charge in [0.15, 0.2) is 0 Å². The van der Waals surface area contributed by atoms with Crippen LogP contribution >= 0.6 is 11.6 Å². The molecule has 72 valence electrons. The molecule has 0 bridgehead atoms. The molecule has 5 nitrogen and oxygen atoms in total. The Morgan fingerprint density at radius 1 is 1.43 bits per heavy atom. The highest BCUT2D eigenvalue weighted by atomic mass is 35.5. The van der Waals surface area contributed by atoms with Crippen LogP contribution in [-0.2, 0) is 7.05 Å². The Labute approximate surface area is 85.5 Å². The van der Waals surface area contributed by atoms with Gasteiger partial charge in [0.1, 0.15) is 5.82 Å². The van der Waals surface area contributed by atoms with Gasteiger partial charge in [0.05, 0.1) is 16.9 Å². The van der Waals surface area contributed by atoms with Crippen LogP contribution in [-0.4, -0.2) is 20.0 Å². The first-order chi connectivity index (χ1) is 6.68. The molecule has 0 aliphatic carbocycles. The van der Waals surface area contributed by atoms with E-state index >= 15 is 0 Å². The third-order valence-corrected chi connectivity index (χ3v) is 2.18. The Bertz CT molecular complexity index is 465. The Hall–Kier alpha value is -1.62. The van der Waals surface area contributed by atoms with Crippen molar-refractivity contribution < 1.29 is 0 Å². The first kappa shape index (κ1) is 8.96. The lowest BCUT2D eigenvalue weighted by atomic mass is 10.2. The van der Waals surface area contributed by atoms with Crippen LogP contribution in [0.1, 0.15) is 0 Å². The van der Waals surface area contributed by atoms with E-state index in [4.69, 9.17) is 17.3 Å². The zero-order valence-electron chi connectivity index (χ0n) is 7.48. The van der Waals surface area contributed by atoms with Crippen LogP contribution < -0.4 is 5.73 Å². The van der Waals surface area contributed by atoms with Crippen LogP contribution in [0.3, 0.4) is 0 Å². The van der Waals surface area contributed by atoms with Crippen molar-refractivity contribution in [1.82, 2.24) is 20.0 Å². The Kier molecular flexibility index (Phi) is 2.09. The molecule has 0 unspecified atom stereocenters. The lowest BCUT2D eigenvalue weighted by Gasteiger charge is -2.02. The van der Waals surface area contributed by atoms with Crippen LogP contribution in [0.5, 0.6) is 0 Å². The molecular formula is C8H8ClN5. The molecule has 0 aliphatic rings. The van der Waals surface area contributed by atoms with Crippen molar-refractivity contribution in [2.75, 3.05) is 5.73 Å². The van der Waals surface area contributed by atoms with Crippen molar-refractivity contribution >= 4 is 17.4 Å². The number of aromatic nitrogens is 4. The standard InChI is InChI=1S/C8H8ClN5/c1-14-7(4-12-13-14)5-2-6(9)8(10)11-3-5/h2-4H,1H3,(H2,10,11). The lowest BCUT2D eigenvalue weighted by Crippen LogP contribution is -1.96. The quantitative estimate of drug-likeness (QED) is 0.764. The van der Waals surface area contributed by atoms with Gasteiger partial charge in [-0.3, -0.25) is 0 Å². The van der Waals surface area contributed by atoms with E-state index in [0.29, 0.717) is 10.8 Å². The molecule has 2 aromatic rings. The van der Waals surface area contributed by atoms with E-state index in [-0.39, 0.29) is 0 Å². The Morgan fingerprint density at radius 3 is 2.79 bits per heavy atom. The molecule has 14 heavy (non-hydrogen) atoms. The number of aryl methyl sites for hydroxylation is 1. The monoisotopic (exact) mass is 209 g/mol. The van der Waals surface area contributed by atoms with Crippen molar-refractivity contribution in [3.8, 4) is 11.3 Å². The van der Waals surface area contributed by atoms with Gasteiger partial charge in [-0.15, -0.1) is 5.10 Å². The van der Waals surface area contributed by atoms with Gasteiger partial charge in [-0.1, -0.05) is 16.8 Å². The van der Waals surface area contributed by atoms with Gasteiger partial charge >= 0.3 is 0 Å². The third-order valence-electron chi connectivity index (χ3n) is 1.88. The van der Waals surface area contributed by atoms with E-state index in [1.165, 1.54) is 0 Å². The van der Waals surface area contributed by atoms with E-state index in [1.54, 1.807) is 30.2 Å². The van der Waals surface area contributed by atoms with Gasteiger partial charge in [0.2, 0.25) is 0 Å². The number of pyridine rings is 1. The van der Waals surface area contributed by atoms with Crippen LogP contribution in [0.4, 0.5) is 5.82 Å². The van der Waals surface area contributed by atoms with Gasteiger partial charge < -0.3 is 5.73 Å². The van der Waals surface area contributed by atoms with Crippen LogP contribution in [0.25, 0.3) is 11.3 Å². The Morgan fingerprint density at radius 2 is 2.21 bits per heavy atom. The van der Waals surface area contributed by atoms with Gasteiger partial charge in [-0.2, -0.15) is 0 Å². The molecule has 0 amide bonds.